The SMILES string of the molecule is CN=C(NCc1cccc(N(C)C)c1)N(C)Cc1cc(Br)cn1C. The van der Waals surface area contributed by atoms with Crippen molar-refractivity contribution in [2.45, 2.75) is 13.1 Å². The van der Waals surface area contributed by atoms with Crippen LogP contribution in [0.5, 0.6) is 0 Å². The van der Waals surface area contributed by atoms with Gasteiger partial charge in [0.05, 0.1) is 6.54 Å². The molecular weight excluding hydrogens is 366 g/mol. The van der Waals surface area contributed by atoms with Gasteiger partial charge in [0.15, 0.2) is 5.96 Å². The maximum absolute atomic E-state index is 4.39. The van der Waals surface area contributed by atoms with Crippen molar-refractivity contribution >= 4 is 27.6 Å². The van der Waals surface area contributed by atoms with Crippen LogP contribution >= 0.6 is 15.9 Å². The first kappa shape index (κ1) is 18.4. The van der Waals surface area contributed by atoms with E-state index in [0.717, 1.165) is 23.5 Å². The summed E-state index contributed by atoms with van der Waals surface area (Å²) in [7, 11) is 10.0. The second-order valence-corrected chi connectivity index (χ2v) is 7.00. The number of aliphatic imine (C=N–C) groups is 1. The average molecular weight is 392 g/mol. The molecule has 24 heavy (non-hydrogen) atoms. The molecule has 0 saturated heterocycles. The van der Waals surface area contributed by atoms with Gasteiger partial charge < -0.3 is 19.7 Å². The van der Waals surface area contributed by atoms with Crippen LogP contribution < -0.4 is 10.2 Å². The lowest BCUT2D eigenvalue weighted by atomic mass is 10.2. The molecule has 1 N–H and O–H groups in total. The highest BCUT2D eigenvalue weighted by Crippen LogP contribution is 2.15. The lowest BCUT2D eigenvalue weighted by Gasteiger charge is -2.22. The maximum atomic E-state index is 4.39. The first-order valence-electron chi connectivity index (χ1n) is 7.89. The Bertz CT molecular complexity index is 705. The Kier molecular flexibility index (Phi) is 6.31. The van der Waals surface area contributed by atoms with Crippen molar-refractivity contribution in [1.82, 2.24) is 14.8 Å². The second-order valence-electron chi connectivity index (χ2n) is 6.08. The van der Waals surface area contributed by atoms with Crippen molar-refractivity contribution in [2.24, 2.45) is 12.0 Å². The van der Waals surface area contributed by atoms with Gasteiger partial charge in [0.2, 0.25) is 0 Å². The number of hydrogen-bond acceptors (Lipinski definition) is 2. The van der Waals surface area contributed by atoms with Gasteiger partial charge in [-0.25, -0.2) is 0 Å². The number of rotatable bonds is 5. The van der Waals surface area contributed by atoms with Gasteiger partial charge in [0.1, 0.15) is 0 Å². The third-order valence-electron chi connectivity index (χ3n) is 3.92. The number of nitrogens with zero attached hydrogens (tertiary/aromatic N) is 4. The molecule has 5 nitrogen and oxygen atoms in total. The summed E-state index contributed by atoms with van der Waals surface area (Å²) in [6.45, 7) is 1.54. The average Bonchev–Trinajstić information content (AvgIpc) is 2.85. The van der Waals surface area contributed by atoms with Crippen molar-refractivity contribution in [2.75, 3.05) is 33.1 Å². The van der Waals surface area contributed by atoms with Crippen LogP contribution in [0, 0.1) is 0 Å². The molecule has 0 amide bonds. The zero-order chi connectivity index (χ0) is 17.7. The van der Waals surface area contributed by atoms with Crippen molar-refractivity contribution < 1.29 is 0 Å². The van der Waals surface area contributed by atoms with Crippen molar-refractivity contribution in [3.05, 3.63) is 52.3 Å². The lowest BCUT2D eigenvalue weighted by Crippen LogP contribution is -2.38. The summed E-state index contributed by atoms with van der Waals surface area (Å²) in [4.78, 5) is 8.62. The van der Waals surface area contributed by atoms with E-state index in [-0.39, 0.29) is 0 Å². The highest BCUT2D eigenvalue weighted by molar-refractivity contribution is 9.10. The van der Waals surface area contributed by atoms with E-state index in [4.69, 9.17) is 0 Å². The molecule has 2 aromatic rings. The van der Waals surface area contributed by atoms with E-state index in [1.165, 1.54) is 16.9 Å². The number of anilines is 1. The monoisotopic (exact) mass is 391 g/mol. The van der Waals surface area contributed by atoms with E-state index in [0.29, 0.717) is 0 Å². The van der Waals surface area contributed by atoms with Crippen LogP contribution in [0.25, 0.3) is 0 Å². The highest BCUT2D eigenvalue weighted by Gasteiger charge is 2.09. The van der Waals surface area contributed by atoms with Gasteiger partial charge in [0.25, 0.3) is 0 Å². The van der Waals surface area contributed by atoms with Gasteiger partial charge >= 0.3 is 0 Å². The molecule has 0 aliphatic rings. The van der Waals surface area contributed by atoms with E-state index < -0.39 is 0 Å². The molecule has 1 aromatic carbocycles. The number of benzene rings is 1. The Balaban J connectivity index is 1.99. The fraction of sp³-hybridized carbons (Fsp3) is 0.389. The molecule has 0 bridgehead atoms. The van der Waals surface area contributed by atoms with Gasteiger partial charge in [-0.05, 0) is 39.7 Å². The highest BCUT2D eigenvalue weighted by atomic mass is 79.9. The van der Waals surface area contributed by atoms with Gasteiger partial charge in [-0.3, -0.25) is 4.99 Å². The fourth-order valence-corrected chi connectivity index (χ4v) is 3.12. The van der Waals surface area contributed by atoms with Gasteiger partial charge in [0, 0.05) is 63.8 Å². The summed E-state index contributed by atoms with van der Waals surface area (Å²) in [5, 5.41) is 3.43. The van der Waals surface area contributed by atoms with Crippen LogP contribution in [0.4, 0.5) is 5.69 Å². The Morgan fingerprint density at radius 1 is 1.25 bits per heavy atom. The molecule has 0 fully saturated rings. The largest absolute Gasteiger partial charge is 0.378 e. The third kappa shape index (κ3) is 4.77. The Morgan fingerprint density at radius 2 is 2.00 bits per heavy atom. The quantitative estimate of drug-likeness (QED) is 0.628. The lowest BCUT2D eigenvalue weighted by molar-refractivity contribution is 0.461. The van der Waals surface area contributed by atoms with Crippen LogP contribution in [0.2, 0.25) is 0 Å². The molecule has 0 spiro atoms. The van der Waals surface area contributed by atoms with Crippen molar-refractivity contribution in [3.8, 4) is 0 Å². The molecule has 1 heterocycles. The zero-order valence-electron chi connectivity index (χ0n) is 15.0. The summed E-state index contributed by atoms with van der Waals surface area (Å²) in [5.74, 6) is 0.877. The van der Waals surface area contributed by atoms with Crippen LogP contribution in [-0.4, -0.2) is 43.6 Å². The number of nitrogens with one attached hydrogen (secondary N) is 1. The molecule has 0 unspecified atom stereocenters. The van der Waals surface area contributed by atoms with Crippen molar-refractivity contribution in [1.29, 1.82) is 0 Å². The van der Waals surface area contributed by atoms with Crippen LogP contribution in [0.3, 0.4) is 0 Å². The van der Waals surface area contributed by atoms with Gasteiger partial charge in [-0.1, -0.05) is 12.1 Å². The molecule has 6 heteroatoms. The van der Waals surface area contributed by atoms with Crippen LogP contribution in [0.1, 0.15) is 11.3 Å². The van der Waals surface area contributed by atoms with E-state index in [2.05, 4.69) is 98.3 Å². The normalized spacial score (nSPS) is 11.5. The van der Waals surface area contributed by atoms with E-state index >= 15 is 0 Å². The second kappa shape index (κ2) is 8.24. The summed E-state index contributed by atoms with van der Waals surface area (Å²) >= 11 is 3.52. The van der Waals surface area contributed by atoms with Gasteiger partial charge in [-0.15, -0.1) is 0 Å². The molecule has 130 valence electrons. The minimum atomic E-state index is 0.746. The summed E-state index contributed by atoms with van der Waals surface area (Å²) in [6.07, 6.45) is 2.06. The minimum Gasteiger partial charge on any atom is -0.378 e. The Hall–Kier alpha value is -1.95. The van der Waals surface area contributed by atoms with E-state index in [1.54, 1.807) is 0 Å². The Labute approximate surface area is 153 Å². The molecule has 0 radical (unpaired) electrons. The van der Waals surface area contributed by atoms with Crippen LogP contribution in [0.15, 0.2) is 46.0 Å². The minimum absolute atomic E-state index is 0.746. The number of aromatic nitrogens is 1. The van der Waals surface area contributed by atoms with E-state index in [1.807, 2.05) is 14.1 Å². The molecule has 0 saturated carbocycles. The number of hydrogen-bond donors (Lipinski definition) is 1. The Morgan fingerprint density at radius 3 is 2.58 bits per heavy atom. The molecule has 1 aromatic heterocycles. The van der Waals surface area contributed by atoms with Crippen molar-refractivity contribution in [3.63, 3.8) is 0 Å². The number of aryl methyl sites for hydroxylation is 1. The maximum Gasteiger partial charge on any atom is 0.194 e. The molecule has 0 atom stereocenters. The van der Waals surface area contributed by atoms with Crippen LogP contribution in [-0.2, 0) is 20.1 Å². The predicted molar refractivity (Wildman–Crippen MR) is 106 cm³/mol. The summed E-state index contributed by atoms with van der Waals surface area (Å²) in [5.41, 5.74) is 3.66. The summed E-state index contributed by atoms with van der Waals surface area (Å²) < 4.78 is 3.21. The van der Waals surface area contributed by atoms with E-state index in [9.17, 15) is 0 Å². The zero-order valence-corrected chi connectivity index (χ0v) is 16.6. The number of guanidine groups is 1. The third-order valence-corrected chi connectivity index (χ3v) is 4.36. The van der Waals surface area contributed by atoms with Gasteiger partial charge in [-0.2, -0.15) is 0 Å². The summed E-state index contributed by atoms with van der Waals surface area (Å²) in [6, 6.07) is 10.6. The predicted octanol–water partition coefficient (Wildman–Crippen LogP) is 3.06. The smallest absolute Gasteiger partial charge is 0.194 e. The first-order valence-corrected chi connectivity index (χ1v) is 8.68. The first-order chi connectivity index (χ1) is 11.4. The molecule has 0 aliphatic carbocycles. The number of halogens is 1. The molecular formula is C18H26BrN5. The standard InChI is InChI=1S/C18H26BrN5/c1-20-18(24(5)13-17-10-15(19)12-23(17)4)21-11-14-7-6-8-16(9-14)22(2)3/h6-10,12H,11,13H2,1-5H3,(H,20,21). The fourth-order valence-electron chi connectivity index (χ4n) is 2.55. The molecule has 0 aliphatic heterocycles. The topological polar surface area (TPSA) is 35.8 Å². The molecule has 2 rings (SSSR count).